The van der Waals surface area contributed by atoms with Crippen molar-refractivity contribution in [1.29, 1.82) is 0 Å². The molecule has 1 atom stereocenters. The number of aryl methyl sites for hydroxylation is 2. The Labute approximate surface area is 163 Å². The number of nitrogens with zero attached hydrogens (tertiary/aromatic N) is 1. The number of esters is 1. The lowest BCUT2D eigenvalue weighted by atomic mass is 10.1. The molecule has 0 unspecified atom stereocenters. The summed E-state index contributed by atoms with van der Waals surface area (Å²) in [5.74, 6) is -0.996. The molecule has 1 aliphatic rings. The highest BCUT2D eigenvalue weighted by Gasteiger charge is 2.40. The van der Waals surface area contributed by atoms with Crippen LogP contribution in [-0.4, -0.2) is 35.6 Å². The third kappa shape index (κ3) is 4.68. The molecule has 1 aliphatic heterocycles. The van der Waals surface area contributed by atoms with Crippen molar-refractivity contribution >= 4 is 23.7 Å². The molecular weight excluding hydrogens is 360 g/mol. The van der Waals surface area contributed by atoms with Gasteiger partial charge in [-0.1, -0.05) is 48.0 Å². The fourth-order valence-electron chi connectivity index (χ4n) is 2.95. The Hall–Kier alpha value is -3.35. The smallest absolute Gasteiger partial charge is 0.413 e. The van der Waals surface area contributed by atoms with E-state index in [1.807, 2.05) is 56.3 Å². The maximum absolute atomic E-state index is 12.4. The molecule has 1 fully saturated rings. The zero-order valence-corrected chi connectivity index (χ0v) is 15.8. The molecule has 0 saturated carbocycles. The molecule has 1 saturated heterocycles. The summed E-state index contributed by atoms with van der Waals surface area (Å²) in [7, 11) is 0. The number of cyclic esters (lactones) is 1. The zero-order valence-electron chi connectivity index (χ0n) is 15.8. The quantitative estimate of drug-likeness (QED) is 0.803. The second-order valence-corrected chi connectivity index (χ2v) is 6.69. The Morgan fingerprint density at radius 1 is 1.18 bits per heavy atom. The van der Waals surface area contributed by atoms with Gasteiger partial charge in [-0.05, 0) is 31.0 Å². The molecule has 0 radical (unpaired) electrons. The van der Waals surface area contributed by atoms with Crippen LogP contribution < -0.4 is 5.32 Å². The van der Waals surface area contributed by atoms with Crippen LogP contribution in [0.25, 0.3) is 0 Å². The molecule has 146 valence electrons. The lowest BCUT2D eigenvalue weighted by molar-refractivity contribution is -0.140. The minimum Gasteiger partial charge on any atom is -0.444 e. The van der Waals surface area contributed by atoms with E-state index in [2.05, 4.69) is 5.32 Å². The van der Waals surface area contributed by atoms with E-state index in [-0.39, 0.29) is 25.7 Å². The maximum Gasteiger partial charge on any atom is 0.413 e. The molecule has 3 rings (SSSR count). The molecule has 0 aliphatic carbocycles. The van der Waals surface area contributed by atoms with E-state index in [9.17, 15) is 14.4 Å². The van der Waals surface area contributed by atoms with Crippen LogP contribution in [-0.2, 0) is 25.7 Å². The number of anilines is 1. The molecule has 0 bridgehead atoms. The number of amides is 2. The normalized spacial score (nSPS) is 15.9. The van der Waals surface area contributed by atoms with Gasteiger partial charge in [-0.2, -0.15) is 0 Å². The summed E-state index contributed by atoms with van der Waals surface area (Å²) in [6, 6.07) is 13.8. The maximum atomic E-state index is 12.4. The summed E-state index contributed by atoms with van der Waals surface area (Å²) >= 11 is 0. The highest BCUT2D eigenvalue weighted by atomic mass is 16.6. The first kappa shape index (κ1) is 19.4. The van der Waals surface area contributed by atoms with E-state index < -0.39 is 18.1 Å². The first-order chi connectivity index (χ1) is 13.4. The van der Waals surface area contributed by atoms with Gasteiger partial charge in [0.2, 0.25) is 5.91 Å². The Kier molecular flexibility index (Phi) is 5.93. The van der Waals surface area contributed by atoms with E-state index in [0.29, 0.717) is 5.69 Å². The van der Waals surface area contributed by atoms with E-state index in [4.69, 9.17) is 9.47 Å². The van der Waals surface area contributed by atoms with Gasteiger partial charge in [-0.15, -0.1) is 0 Å². The Balaban J connectivity index is 1.60. The number of rotatable bonds is 5. The summed E-state index contributed by atoms with van der Waals surface area (Å²) < 4.78 is 10.2. The van der Waals surface area contributed by atoms with Crippen molar-refractivity contribution < 1.29 is 23.9 Å². The number of carbonyl (C=O) groups is 3. The summed E-state index contributed by atoms with van der Waals surface area (Å²) in [4.78, 5) is 37.9. The molecule has 7 nitrogen and oxygen atoms in total. The van der Waals surface area contributed by atoms with Crippen LogP contribution in [0.4, 0.5) is 10.5 Å². The number of nitrogens with one attached hydrogen (secondary N) is 1. The van der Waals surface area contributed by atoms with E-state index >= 15 is 0 Å². The van der Waals surface area contributed by atoms with Crippen molar-refractivity contribution in [3.8, 4) is 0 Å². The molecule has 0 aromatic heterocycles. The Bertz CT molecular complexity index is 882. The van der Waals surface area contributed by atoms with Crippen LogP contribution >= 0.6 is 0 Å². The fraction of sp³-hybridized carbons (Fsp3) is 0.286. The van der Waals surface area contributed by atoms with Crippen LogP contribution in [0.15, 0.2) is 48.5 Å². The average molecular weight is 382 g/mol. The summed E-state index contributed by atoms with van der Waals surface area (Å²) in [5.41, 5.74) is 3.50. The lowest BCUT2D eigenvalue weighted by Gasteiger charge is -2.19. The number of benzene rings is 2. The van der Waals surface area contributed by atoms with Crippen LogP contribution in [0.3, 0.4) is 0 Å². The van der Waals surface area contributed by atoms with E-state index in [0.717, 1.165) is 21.6 Å². The van der Waals surface area contributed by atoms with Crippen molar-refractivity contribution in [1.82, 2.24) is 4.90 Å². The van der Waals surface area contributed by atoms with Crippen LogP contribution in [0.2, 0.25) is 0 Å². The SMILES string of the molecule is Cc1ccc(NC(=O)C[C@@H]2C(=O)OCN2C(=O)OCc2ccccc2)c(C)c1. The Morgan fingerprint density at radius 2 is 1.93 bits per heavy atom. The largest absolute Gasteiger partial charge is 0.444 e. The standard InChI is InChI=1S/C21H22N2O5/c1-14-8-9-17(15(2)10-14)22-19(24)11-18-20(25)28-13-23(18)21(26)27-12-16-6-4-3-5-7-16/h3-10,18H,11-13H2,1-2H3,(H,22,24)/t18-/m1/s1. The summed E-state index contributed by atoms with van der Waals surface area (Å²) in [5, 5.41) is 2.78. The van der Waals surface area contributed by atoms with Gasteiger partial charge < -0.3 is 14.8 Å². The van der Waals surface area contributed by atoms with Crippen LogP contribution in [0.1, 0.15) is 23.1 Å². The van der Waals surface area contributed by atoms with E-state index in [1.54, 1.807) is 6.07 Å². The van der Waals surface area contributed by atoms with Gasteiger partial charge in [0.15, 0.2) is 6.73 Å². The molecule has 7 heteroatoms. The minimum atomic E-state index is -1.01. The number of hydrogen-bond donors (Lipinski definition) is 1. The average Bonchev–Trinajstić information content (AvgIpc) is 3.03. The number of carbonyl (C=O) groups excluding carboxylic acids is 3. The molecule has 28 heavy (non-hydrogen) atoms. The van der Waals surface area contributed by atoms with Gasteiger partial charge >= 0.3 is 12.1 Å². The fourth-order valence-corrected chi connectivity index (χ4v) is 2.95. The van der Waals surface area contributed by atoms with Gasteiger partial charge in [0, 0.05) is 5.69 Å². The lowest BCUT2D eigenvalue weighted by Crippen LogP contribution is -2.40. The molecule has 2 aromatic rings. The molecular formula is C21H22N2O5. The van der Waals surface area contributed by atoms with Crippen LogP contribution in [0, 0.1) is 13.8 Å². The first-order valence-corrected chi connectivity index (χ1v) is 8.95. The van der Waals surface area contributed by atoms with Crippen LogP contribution in [0.5, 0.6) is 0 Å². The third-order valence-electron chi connectivity index (χ3n) is 4.47. The monoisotopic (exact) mass is 382 g/mol. The van der Waals surface area contributed by atoms with Crippen molar-refractivity contribution in [2.75, 3.05) is 12.0 Å². The van der Waals surface area contributed by atoms with Gasteiger partial charge in [0.05, 0.1) is 6.42 Å². The van der Waals surface area contributed by atoms with Gasteiger partial charge in [0.1, 0.15) is 12.6 Å². The molecule has 1 heterocycles. The molecule has 0 spiro atoms. The molecule has 2 aromatic carbocycles. The second-order valence-electron chi connectivity index (χ2n) is 6.69. The topological polar surface area (TPSA) is 84.9 Å². The van der Waals surface area contributed by atoms with Crippen molar-refractivity contribution in [3.05, 3.63) is 65.2 Å². The zero-order chi connectivity index (χ0) is 20.1. The predicted molar refractivity (Wildman–Crippen MR) is 102 cm³/mol. The first-order valence-electron chi connectivity index (χ1n) is 8.95. The Morgan fingerprint density at radius 3 is 2.64 bits per heavy atom. The van der Waals surface area contributed by atoms with Gasteiger partial charge in [-0.3, -0.25) is 9.69 Å². The second kappa shape index (κ2) is 8.56. The predicted octanol–water partition coefficient (Wildman–Crippen LogP) is 3.15. The molecule has 2 amide bonds. The molecule has 1 N–H and O–H groups in total. The van der Waals surface area contributed by atoms with Crippen molar-refractivity contribution in [2.45, 2.75) is 32.9 Å². The highest BCUT2D eigenvalue weighted by Crippen LogP contribution is 2.20. The minimum absolute atomic E-state index is 0.0752. The van der Waals surface area contributed by atoms with E-state index in [1.165, 1.54) is 0 Å². The summed E-state index contributed by atoms with van der Waals surface area (Å²) in [6.45, 7) is 3.70. The summed E-state index contributed by atoms with van der Waals surface area (Å²) in [6.07, 6.45) is -0.897. The highest BCUT2D eigenvalue weighted by molar-refractivity contribution is 5.96. The van der Waals surface area contributed by atoms with Gasteiger partial charge in [-0.25, -0.2) is 9.59 Å². The number of ether oxygens (including phenoxy) is 2. The van der Waals surface area contributed by atoms with Gasteiger partial charge in [0.25, 0.3) is 0 Å². The van der Waals surface area contributed by atoms with Crippen molar-refractivity contribution in [3.63, 3.8) is 0 Å². The third-order valence-corrected chi connectivity index (χ3v) is 4.47. The number of hydrogen-bond acceptors (Lipinski definition) is 5. The van der Waals surface area contributed by atoms with Crippen molar-refractivity contribution in [2.24, 2.45) is 0 Å².